The molecule has 0 aliphatic carbocycles. The summed E-state index contributed by atoms with van der Waals surface area (Å²) in [5, 5.41) is 0. The van der Waals surface area contributed by atoms with Crippen molar-refractivity contribution < 1.29 is 28.5 Å². The molecule has 0 radical (unpaired) electrons. The summed E-state index contributed by atoms with van der Waals surface area (Å²) in [6.45, 7) is 13.6. The summed E-state index contributed by atoms with van der Waals surface area (Å²) in [7, 11) is 0. The van der Waals surface area contributed by atoms with Crippen molar-refractivity contribution in [2.75, 3.05) is 26.3 Å². The van der Waals surface area contributed by atoms with Gasteiger partial charge in [0, 0.05) is 18.5 Å². The number of likely N-dealkylation sites (tertiary alicyclic amines) is 2. The fourth-order valence-electron chi connectivity index (χ4n) is 7.09. The monoisotopic (exact) mass is 722 g/mol. The van der Waals surface area contributed by atoms with Crippen molar-refractivity contribution in [1.82, 2.24) is 29.7 Å². The number of H-pyrrole nitrogens is 2. The van der Waals surface area contributed by atoms with Gasteiger partial charge in [0.1, 0.15) is 22.9 Å². The molecule has 280 valence electrons. The molecular formula is C41H50N6O6. The lowest BCUT2D eigenvalue weighted by Gasteiger charge is -2.27. The maximum Gasteiger partial charge on any atom is 0.411 e. The van der Waals surface area contributed by atoms with Crippen molar-refractivity contribution in [3.05, 3.63) is 84.2 Å². The van der Waals surface area contributed by atoms with Crippen LogP contribution in [0.25, 0.3) is 33.6 Å². The molecule has 0 spiro atoms. The van der Waals surface area contributed by atoms with Crippen LogP contribution in [0.1, 0.15) is 90.2 Å². The molecule has 3 atom stereocenters. The second-order valence-electron chi connectivity index (χ2n) is 15.9. The summed E-state index contributed by atoms with van der Waals surface area (Å²) in [5.74, 6) is 1.46. The quantitative estimate of drug-likeness (QED) is 0.201. The molecule has 12 heteroatoms. The van der Waals surface area contributed by atoms with E-state index in [0.29, 0.717) is 45.2 Å². The van der Waals surface area contributed by atoms with Gasteiger partial charge in [-0.1, -0.05) is 60.7 Å². The summed E-state index contributed by atoms with van der Waals surface area (Å²) in [5.41, 5.74) is 5.46. The minimum Gasteiger partial charge on any atom is -0.444 e. The number of carbonyl (C=O) groups excluding carboxylic acids is 2. The first-order valence-corrected chi connectivity index (χ1v) is 18.5. The van der Waals surface area contributed by atoms with Crippen molar-refractivity contribution in [3.8, 4) is 33.6 Å². The molecule has 7 rings (SSSR count). The number of imidazole rings is 2. The van der Waals surface area contributed by atoms with E-state index in [1.54, 1.807) is 9.80 Å². The van der Waals surface area contributed by atoms with Gasteiger partial charge in [-0.05, 0) is 71.1 Å². The average molecular weight is 723 g/mol. The zero-order valence-electron chi connectivity index (χ0n) is 31.5. The van der Waals surface area contributed by atoms with Crippen molar-refractivity contribution >= 4 is 12.2 Å². The number of aromatic nitrogens is 4. The van der Waals surface area contributed by atoms with Crippen LogP contribution in [-0.2, 0) is 25.6 Å². The highest BCUT2D eigenvalue weighted by atomic mass is 16.6. The molecular weight excluding hydrogens is 672 g/mol. The van der Waals surface area contributed by atoms with E-state index in [1.165, 1.54) is 0 Å². The van der Waals surface area contributed by atoms with Gasteiger partial charge in [0.05, 0.1) is 67.8 Å². The summed E-state index contributed by atoms with van der Waals surface area (Å²) >= 11 is 0. The minimum atomic E-state index is -0.621. The smallest absolute Gasteiger partial charge is 0.411 e. The Labute approximate surface area is 310 Å². The largest absolute Gasteiger partial charge is 0.444 e. The van der Waals surface area contributed by atoms with Gasteiger partial charge in [0.15, 0.2) is 0 Å². The molecule has 3 aliphatic heterocycles. The summed E-state index contributed by atoms with van der Waals surface area (Å²) in [4.78, 5) is 46.3. The topological polar surface area (TPSA) is 135 Å². The number of ether oxygens (including phenoxy) is 4. The second-order valence-corrected chi connectivity index (χ2v) is 15.9. The highest BCUT2D eigenvalue weighted by Crippen LogP contribution is 2.37. The Bertz CT molecular complexity index is 1930. The molecule has 53 heavy (non-hydrogen) atoms. The zero-order valence-corrected chi connectivity index (χ0v) is 31.5. The highest BCUT2D eigenvalue weighted by Gasteiger charge is 2.41. The average Bonchev–Trinajstić information content (AvgIpc) is 3.92. The zero-order chi connectivity index (χ0) is 37.3. The van der Waals surface area contributed by atoms with Crippen molar-refractivity contribution in [3.63, 3.8) is 0 Å². The normalized spacial score (nSPS) is 20.8. The molecule has 0 unspecified atom stereocenters. The first kappa shape index (κ1) is 36.4. The molecule has 5 heterocycles. The van der Waals surface area contributed by atoms with Crippen molar-refractivity contribution in [1.29, 1.82) is 0 Å². The highest BCUT2D eigenvalue weighted by molar-refractivity contribution is 5.73. The van der Waals surface area contributed by atoms with Crippen LogP contribution in [0.3, 0.4) is 0 Å². The molecule has 0 saturated carbocycles. The fraction of sp³-hybridized carbons (Fsp3) is 0.463. The number of hydrogen-bond acceptors (Lipinski definition) is 8. The van der Waals surface area contributed by atoms with Gasteiger partial charge < -0.3 is 28.9 Å². The number of amides is 2. The van der Waals surface area contributed by atoms with Gasteiger partial charge in [0.2, 0.25) is 0 Å². The maximum absolute atomic E-state index is 13.3. The van der Waals surface area contributed by atoms with E-state index in [2.05, 4.69) is 63.5 Å². The van der Waals surface area contributed by atoms with Gasteiger partial charge in [-0.3, -0.25) is 9.80 Å². The Balaban J connectivity index is 1.08. The maximum atomic E-state index is 13.3. The first-order chi connectivity index (χ1) is 25.3. The van der Waals surface area contributed by atoms with Crippen LogP contribution in [0.4, 0.5) is 9.59 Å². The predicted octanol–water partition coefficient (Wildman–Crippen LogP) is 8.36. The molecule has 2 aromatic heterocycles. The van der Waals surface area contributed by atoms with Gasteiger partial charge in [-0.2, -0.15) is 0 Å². The van der Waals surface area contributed by atoms with Crippen LogP contribution >= 0.6 is 0 Å². The predicted molar refractivity (Wildman–Crippen MR) is 201 cm³/mol. The van der Waals surface area contributed by atoms with E-state index >= 15 is 0 Å². The Hall–Kier alpha value is -4.94. The lowest BCUT2D eigenvalue weighted by molar-refractivity contribution is 0.0176. The van der Waals surface area contributed by atoms with Gasteiger partial charge in [-0.15, -0.1) is 0 Å². The number of hydrogen-bond donors (Lipinski definition) is 2. The molecule has 12 nitrogen and oxygen atoms in total. The summed E-state index contributed by atoms with van der Waals surface area (Å²) < 4.78 is 23.5. The number of nitrogens with one attached hydrogen (secondary N) is 2. The molecule has 2 aromatic carbocycles. The number of carbonyl (C=O) groups is 2. The van der Waals surface area contributed by atoms with Crippen LogP contribution in [0.5, 0.6) is 0 Å². The van der Waals surface area contributed by atoms with E-state index in [1.807, 2.05) is 59.9 Å². The standard InChI is InChI=1S/C41H50N6O6/c1-40(2,3)52-38(48)46-19-9-10-33(46)36-42-23-31(43-36)28-15-11-26(12-16-28)27-13-17-29(18-14-27)35-32-25-50-20-7-8-21-51-30-22-34(37(44-32)45-35)47(24-30)39(49)53-41(4,5)6/h7-8,11-18,23,30,33-34H,9-10,19-22,24-25H2,1-6H3,(H,42,43)(H,44,45)/t30-,33-,34-/m0/s1. The number of fused-ring (bicyclic) bond motifs is 5. The van der Waals surface area contributed by atoms with Gasteiger partial charge >= 0.3 is 12.2 Å². The van der Waals surface area contributed by atoms with E-state index in [-0.39, 0.29) is 30.4 Å². The third kappa shape index (κ3) is 8.49. The SMILES string of the molecule is CC(C)(C)OC(=O)N1CCC[C@H]1c1ncc(-c2ccc(-c3ccc(-c4nc5[nH]c4COCC=CCO[C@H]4C[C@@H]5N(C(=O)OC(C)(C)C)C4)cc3)cc2)[nH]1. The van der Waals surface area contributed by atoms with Crippen LogP contribution in [-0.4, -0.2) is 85.5 Å². The molecule has 2 amide bonds. The lowest BCUT2D eigenvalue weighted by Crippen LogP contribution is -2.37. The third-order valence-electron chi connectivity index (χ3n) is 9.54. The van der Waals surface area contributed by atoms with Crippen LogP contribution in [0.2, 0.25) is 0 Å². The van der Waals surface area contributed by atoms with Crippen LogP contribution < -0.4 is 0 Å². The summed E-state index contributed by atoms with van der Waals surface area (Å²) in [6.07, 6.45) is 7.27. The summed E-state index contributed by atoms with van der Waals surface area (Å²) in [6, 6.07) is 16.2. The minimum absolute atomic E-state index is 0.134. The van der Waals surface area contributed by atoms with E-state index < -0.39 is 11.2 Å². The van der Waals surface area contributed by atoms with Gasteiger partial charge in [0.25, 0.3) is 0 Å². The molecule has 3 aliphatic rings. The number of aromatic amines is 2. The Kier molecular flexibility index (Phi) is 10.2. The third-order valence-corrected chi connectivity index (χ3v) is 9.54. The Morgan fingerprint density at radius 2 is 1.40 bits per heavy atom. The number of nitrogens with zero attached hydrogens (tertiary/aromatic N) is 4. The first-order valence-electron chi connectivity index (χ1n) is 18.5. The lowest BCUT2D eigenvalue weighted by atomic mass is 10.0. The van der Waals surface area contributed by atoms with Crippen LogP contribution in [0, 0.1) is 0 Å². The van der Waals surface area contributed by atoms with E-state index in [0.717, 1.165) is 58.0 Å². The molecule has 2 N–H and O–H groups in total. The Morgan fingerprint density at radius 3 is 2.08 bits per heavy atom. The molecule has 4 aromatic rings. The molecule has 2 fully saturated rings. The van der Waals surface area contributed by atoms with E-state index in [4.69, 9.17) is 23.9 Å². The number of rotatable bonds is 4. The molecule has 4 bridgehead atoms. The number of benzene rings is 2. The Morgan fingerprint density at radius 1 is 0.774 bits per heavy atom. The van der Waals surface area contributed by atoms with Crippen molar-refractivity contribution in [2.24, 2.45) is 0 Å². The molecule has 2 saturated heterocycles. The second kappa shape index (κ2) is 14.8. The van der Waals surface area contributed by atoms with Gasteiger partial charge in [-0.25, -0.2) is 19.6 Å². The van der Waals surface area contributed by atoms with Crippen molar-refractivity contribution in [2.45, 2.75) is 96.8 Å². The van der Waals surface area contributed by atoms with Crippen LogP contribution in [0.15, 0.2) is 66.9 Å². The van der Waals surface area contributed by atoms with E-state index in [9.17, 15) is 9.59 Å². The fourth-order valence-corrected chi connectivity index (χ4v) is 7.09.